The molecule has 11 nitrogen and oxygen atoms in total. The Kier molecular flexibility index (Phi) is 6.95. The number of imide groups is 1. The number of allylic oxidation sites excluding steroid dienone is 2. The van der Waals surface area contributed by atoms with E-state index in [1.54, 1.807) is 54.6 Å². The predicted molar refractivity (Wildman–Crippen MR) is 182 cm³/mol. The fourth-order valence-electron chi connectivity index (χ4n) is 8.12. The van der Waals surface area contributed by atoms with E-state index in [9.17, 15) is 19.5 Å². The fourth-order valence-corrected chi connectivity index (χ4v) is 8.12. The minimum atomic E-state index is -1.56. The van der Waals surface area contributed by atoms with E-state index >= 15 is 4.79 Å². The normalized spacial score (nSPS) is 22.6. The molecule has 1 aliphatic carbocycles. The lowest BCUT2D eigenvalue weighted by Gasteiger charge is -2.49. The molecule has 2 fully saturated rings. The average molecular weight is 656 g/mol. The van der Waals surface area contributed by atoms with Crippen LogP contribution in [0.1, 0.15) is 35.1 Å². The third-order valence-corrected chi connectivity index (χ3v) is 10.2. The number of nitrogens with zero attached hydrogens (tertiary/aromatic N) is 4. The van der Waals surface area contributed by atoms with Gasteiger partial charge in [0.05, 0.1) is 42.4 Å². The molecule has 49 heavy (non-hydrogen) atoms. The number of benzene rings is 4. The van der Waals surface area contributed by atoms with Crippen LogP contribution in [0, 0.1) is 12.8 Å². The summed E-state index contributed by atoms with van der Waals surface area (Å²) in [5.41, 5.74) is 3.95. The summed E-state index contributed by atoms with van der Waals surface area (Å²) in [7, 11) is 1.48. The summed E-state index contributed by atoms with van der Waals surface area (Å²) in [6, 6.07) is 29.2. The number of rotatable bonds is 6. The smallest absolute Gasteiger partial charge is 0.352 e. The molecular formula is C38H33N5O6. The molecule has 4 unspecified atom stereocenters. The van der Waals surface area contributed by atoms with Gasteiger partial charge in [-0.2, -0.15) is 5.01 Å². The fraction of sp³-hybridized carbons (Fsp3) is 0.211. The van der Waals surface area contributed by atoms with Gasteiger partial charge in [0.2, 0.25) is 0 Å². The largest absolute Gasteiger partial charge is 0.508 e. The Morgan fingerprint density at radius 1 is 0.837 bits per heavy atom. The molecule has 2 aliphatic heterocycles. The van der Waals surface area contributed by atoms with E-state index in [0.717, 1.165) is 15.1 Å². The second-order valence-electron chi connectivity index (χ2n) is 12.7. The number of nitrogens with one attached hydrogen (secondary N) is 1. The van der Waals surface area contributed by atoms with Crippen molar-refractivity contribution < 1.29 is 19.4 Å². The molecular weight excluding hydrogens is 622 g/mol. The summed E-state index contributed by atoms with van der Waals surface area (Å²) in [5, 5.41) is 12.7. The first-order valence-electron chi connectivity index (χ1n) is 16.1. The molecule has 0 spiro atoms. The number of ether oxygens (including phenoxy) is 1. The SMILES string of the molecule is COc1cccc(O)c1C1C2=CCn3c(=O)n(-c4ccccc4)c(=O)n3C2CC2C(=O)N(Nc3ccc(C)cc3)C(=O)C21c1ccccc1. The minimum absolute atomic E-state index is 0.0369. The van der Waals surface area contributed by atoms with Gasteiger partial charge in [0.1, 0.15) is 11.5 Å². The van der Waals surface area contributed by atoms with Crippen LogP contribution in [0.5, 0.6) is 11.5 Å². The third-order valence-electron chi connectivity index (χ3n) is 10.2. The molecule has 0 radical (unpaired) electrons. The number of aromatic nitrogens is 3. The number of hydrogen-bond acceptors (Lipinski definition) is 7. The standard InChI is InChI=1S/C38H33N5O6/c1-23-16-18-25(19-17-23)39-42-34(45)28-22-29-27(20-21-40-36(47)41(37(48)43(29)40)26-12-7-4-8-13-26)33(32-30(44)14-9-15-31(32)49-2)38(28,35(42)46)24-10-5-3-6-11-24/h3-20,28-29,33,39,44H,21-22H2,1-2H3. The number of fused-ring (bicyclic) bond motifs is 4. The molecule has 1 saturated carbocycles. The van der Waals surface area contributed by atoms with Gasteiger partial charge in [-0.15, -0.1) is 0 Å². The average Bonchev–Trinajstić information content (AvgIpc) is 3.50. The lowest BCUT2D eigenvalue weighted by atomic mass is 9.53. The molecule has 1 saturated heterocycles. The van der Waals surface area contributed by atoms with E-state index in [0.29, 0.717) is 33.8 Å². The summed E-state index contributed by atoms with van der Waals surface area (Å²) < 4.78 is 9.73. The highest BCUT2D eigenvalue weighted by atomic mass is 16.5. The Morgan fingerprint density at radius 3 is 2.22 bits per heavy atom. The number of carbonyl (C=O) groups excluding carboxylic acids is 2. The van der Waals surface area contributed by atoms with Crippen LogP contribution >= 0.6 is 0 Å². The zero-order chi connectivity index (χ0) is 34.0. The van der Waals surface area contributed by atoms with Crippen LogP contribution in [0.2, 0.25) is 0 Å². The van der Waals surface area contributed by atoms with E-state index in [-0.39, 0.29) is 18.7 Å². The molecule has 4 atom stereocenters. The number of phenols is 1. The van der Waals surface area contributed by atoms with Crippen molar-refractivity contribution in [1.29, 1.82) is 0 Å². The van der Waals surface area contributed by atoms with Crippen LogP contribution in [0.3, 0.4) is 0 Å². The molecule has 5 aromatic rings. The number of carbonyl (C=O) groups is 2. The highest BCUT2D eigenvalue weighted by molar-refractivity contribution is 6.12. The lowest BCUT2D eigenvalue weighted by Crippen LogP contribution is -2.53. The maximum atomic E-state index is 15.2. The van der Waals surface area contributed by atoms with Crippen LogP contribution in [0.4, 0.5) is 5.69 Å². The quantitative estimate of drug-likeness (QED) is 0.205. The third kappa shape index (κ3) is 4.28. The number of anilines is 1. The van der Waals surface area contributed by atoms with Crippen molar-refractivity contribution in [3.05, 3.63) is 152 Å². The van der Waals surface area contributed by atoms with Gasteiger partial charge in [-0.3, -0.25) is 15.0 Å². The molecule has 1 aromatic heterocycles. The number of hydrogen-bond donors (Lipinski definition) is 2. The van der Waals surface area contributed by atoms with Gasteiger partial charge < -0.3 is 9.84 Å². The maximum absolute atomic E-state index is 15.2. The topological polar surface area (TPSA) is 128 Å². The van der Waals surface area contributed by atoms with E-state index in [2.05, 4.69) is 5.43 Å². The second-order valence-corrected chi connectivity index (χ2v) is 12.7. The molecule has 3 heterocycles. The number of para-hydroxylation sites is 1. The first-order valence-corrected chi connectivity index (χ1v) is 16.1. The molecule has 0 bridgehead atoms. The van der Waals surface area contributed by atoms with Crippen molar-refractivity contribution in [1.82, 2.24) is 18.9 Å². The van der Waals surface area contributed by atoms with E-state index in [4.69, 9.17) is 4.74 Å². The van der Waals surface area contributed by atoms with Crippen LogP contribution in [-0.2, 0) is 21.5 Å². The van der Waals surface area contributed by atoms with Gasteiger partial charge in [-0.1, -0.05) is 78.4 Å². The monoisotopic (exact) mass is 655 g/mol. The zero-order valence-corrected chi connectivity index (χ0v) is 26.8. The first kappa shape index (κ1) is 30.2. The van der Waals surface area contributed by atoms with Gasteiger partial charge in [0.15, 0.2) is 0 Å². The van der Waals surface area contributed by atoms with E-state index < -0.39 is 46.5 Å². The Bertz CT molecular complexity index is 2270. The Labute approximate surface area is 280 Å². The van der Waals surface area contributed by atoms with Crippen molar-refractivity contribution >= 4 is 17.5 Å². The van der Waals surface area contributed by atoms with Crippen molar-refractivity contribution in [2.75, 3.05) is 12.5 Å². The molecule has 246 valence electrons. The van der Waals surface area contributed by atoms with Crippen LogP contribution < -0.4 is 21.5 Å². The van der Waals surface area contributed by atoms with Gasteiger partial charge in [0, 0.05) is 11.5 Å². The van der Waals surface area contributed by atoms with E-state index in [1.165, 1.54) is 22.5 Å². The number of phenolic OH excluding ortho intramolecular Hbond substituents is 1. The van der Waals surface area contributed by atoms with Crippen molar-refractivity contribution in [2.45, 2.75) is 37.3 Å². The summed E-state index contributed by atoms with van der Waals surface area (Å²) in [6.45, 7) is 1.98. The van der Waals surface area contributed by atoms with Gasteiger partial charge >= 0.3 is 11.4 Å². The summed E-state index contributed by atoms with van der Waals surface area (Å²) in [5.74, 6) is -2.76. The zero-order valence-electron chi connectivity index (χ0n) is 26.8. The Morgan fingerprint density at radius 2 is 1.53 bits per heavy atom. The number of methoxy groups -OCH3 is 1. The number of aryl methyl sites for hydroxylation is 1. The summed E-state index contributed by atoms with van der Waals surface area (Å²) >= 11 is 0. The number of aromatic hydroxyl groups is 1. The van der Waals surface area contributed by atoms with Crippen molar-refractivity contribution in [2.24, 2.45) is 5.92 Å². The maximum Gasteiger partial charge on any atom is 0.352 e. The number of hydrazine groups is 1. The predicted octanol–water partition coefficient (Wildman–Crippen LogP) is 4.44. The van der Waals surface area contributed by atoms with Crippen molar-refractivity contribution in [3.8, 4) is 17.2 Å². The van der Waals surface area contributed by atoms with E-state index in [1.807, 2.05) is 55.5 Å². The molecule has 11 heteroatoms. The minimum Gasteiger partial charge on any atom is -0.508 e. The highest BCUT2D eigenvalue weighted by Gasteiger charge is 2.69. The second kappa shape index (κ2) is 11.3. The highest BCUT2D eigenvalue weighted by Crippen LogP contribution is 2.63. The molecule has 8 rings (SSSR count). The first-order chi connectivity index (χ1) is 23.8. The van der Waals surface area contributed by atoms with Crippen LogP contribution in [0.25, 0.3) is 5.69 Å². The van der Waals surface area contributed by atoms with Crippen molar-refractivity contribution in [3.63, 3.8) is 0 Å². The van der Waals surface area contributed by atoms with Gasteiger partial charge in [-0.25, -0.2) is 23.5 Å². The Balaban J connectivity index is 1.40. The summed E-state index contributed by atoms with van der Waals surface area (Å²) in [6.07, 6.45) is 1.90. The van der Waals surface area contributed by atoms with Gasteiger partial charge in [-0.05, 0) is 60.9 Å². The molecule has 4 aromatic carbocycles. The van der Waals surface area contributed by atoms with Crippen LogP contribution in [0.15, 0.2) is 124 Å². The van der Waals surface area contributed by atoms with Crippen LogP contribution in [-0.4, -0.2) is 43.0 Å². The van der Waals surface area contributed by atoms with Gasteiger partial charge in [0.25, 0.3) is 11.8 Å². The Hall–Kier alpha value is -6.10. The summed E-state index contributed by atoms with van der Waals surface area (Å²) in [4.78, 5) is 58.1. The molecule has 3 aliphatic rings. The lowest BCUT2D eigenvalue weighted by molar-refractivity contribution is -0.138. The molecule has 2 amide bonds. The molecule has 2 N–H and O–H groups in total. The number of amides is 2.